The highest BCUT2D eigenvalue weighted by Crippen LogP contribution is 2.20. The van der Waals surface area contributed by atoms with Crippen molar-refractivity contribution in [1.82, 2.24) is 0 Å². The zero-order valence-corrected chi connectivity index (χ0v) is 14.0. The first-order chi connectivity index (χ1) is 11.0. The van der Waals surface area contributed by atoms with Gasteiger partial charge in [-0.3, -0.25) is 14.9 Å². The average molecular weight is 379 g/mol. The number of rotatable bonds is 6. The molecule has 2 rings (SSSR count). The molecule has 0 radical (unpaired) electrons. The summed E-state index contributed by atoms with van der Waals surface area (Å²) in [6.45, 7) is 2.10. The Bertz CT molecular complexity index is 717. The van der Waals surface area contributed by atoms with Crippen molar-refractivity contribution >= 4 is 33.2 Å². The van der Waals surface area contributed by atoms with Crippen LogP contribution in [0.5, 0.6) is 5.75 Å². The van der Waals surface area contributed by atoms with E-state index in [9.17, 15) is 14.9 Å². The third kappa shape index (κ3) is 5.07. The van der Waals surface area contributed by atoms with E-state index >= 15 is 0 Å². The van der Waals surface area contributed by atoms with Gasteiger partial charge in [0.05, 0.1) is 18.0 Å². The summed E-state index contributed by atoms with van der Waals surface area (Å²) in [7, 11) is 0. The van der Waals surface area contributed by atoms with E-state index in [1.807, 2.05) is 25.1 Å². The molecule has 0 atom stereocenters. The first kappa shape index (κ1) is 17.0. The Morgan fingerprint density at radius 2 is 1.96 bits per heavy atom. The molecule has 0 heterocycles. The zero-order chi connectivity index (χ0) is 16.8. The number of hydrogen-bond donors (Lipinski definition) is 1. The van der Waals surface area contributed by atoms with Crippen LogP contribution in [0.1, 0.15) is 12.0 Å². The van der Waals surface area contributed by atoms with Crippen molar-refractivity contribution in [2.24, 2.45) is 0 Å². The fourth-order valence-electron chi connectivity index (χ4n) is 1.91. The topological polar surface area (TPSA) is 81.5 Å². The van der Waals surface area contributed by atoms with Crippen molar-refractivity contribution in [2.75, 3.05) is 11.9 Å². The highest BCUT2D eigenvalue weighted by molar-refractivity contribution is 9.10. The lowest BCUT2D eigenvalue weighted by Crippen LogP contribution is -2.15. The van der Waals surface area contributed by atoms with Crippen LogP contribution < -0.4 is 10.1 Å². The summed E-state index contributed by atoms with van der Waals surface area (Å²) in [4.78, 5) is 22.0. The maximum absolute atomic E-state index is 11.9. The summed E-state index contributed by atoms with van der Waals surface area (Å²) in [6, 6.07) is 11.3. The maximum atomic E-state index is 11.9. The third-order valence-electron chi connectivity index (χ3n) is 3.11. The van der Waals surface area contributed by atoms with Crippen molar-refractivity contribution in [3.63, 3.8) is 0 Å². The number of nitro benzene ring substituents is 1. The fourth-order valence-corrected chi connectivity index (χ4v) is 2.38. The Morgan fingerprint density at radius 3 is 2.57 bits per heavy atom. The van der Waals surface area contributed by atoms with E-state index in [0.717, 1.165) is 15.7 Å². The lowest BCUT2D eigenvalue weighted by atomic mass is 10.2. The van der Waals surface area contributed by atoms with Crippen molar-refractivity contribution in [3.05, 3.63) is 62.6 Å². The number of nitrogens with one attached hydrogen (secondary N) is 1. The summed E-state index contributed by atoms with van der Waals surface area (Å²) in [5.41, 5.74) is 1.72. The van der Waals surface area contributed by atoms with Gasteiger partial charge in [-0.2, -0.15) is 0 Å². The minimum Gasteiger partial charge on any atom is -0.493 e. The maximum Gasteiger partial charge on any atom is 0.269 e. The monoisotopic (exact) mass is 378 g/mol. The molecule has 1 N–H and O–H groups in total. The SMILES string of the molecule is Cc1cc(Br)ccc1NC(=O)CCOc1ccc([N+](=O)[O-])cc1. The van der Waals surface area contributed by atoms with E-state index in [1.54, 1.807) is 0 Å². The summed E-state index contributed by atoms with van der Waals surface area (Å²) in [5, 5.41) is 13.4. The second kappa shape index (κ2) is 7.73. The van der Waals surface area contributed by atoms with Gasteiger partial charge < -0.3 is 10.1 Å². The molecule has 0 aliphatic heterocycles. The number of hydrogen-bond acceptors (Lipinski definition) is 4. The molecule has 0 bridgehead atoms. The van der Waals surface area contributed by atoms with Crippen molar-refractivity contribution in [2.45, 2.75) is 13.3 Å². The lowest BCUT2D eigenvalue weighted by Gasteiger charge is -2.09. The number of amides is 1. The smallest absolute Gasteiger partial charge is 0.269 e. The average Bonchev–Trinajstić information content (AvgIpc) is 2.50. The van der Waals surface area contributed by atoms with Gasteiger partial charge in [-0.25, -0.2) is 0 Å². The molecule has 0 spiro atoms. The van der Waals surface area contributed by atoms with Crippen LogP contribution >= 0.6 is 15.9 Å². The molecule has 6 nitrogen and oxygen atoms in total. The molecule has 23 heavy (non-hydrogen) atoms. The molecular formula is C16H15BrN2O4. The Balaban J connectivity index is 1.81. The van der Waals surface area contributed by atoms with Crippen LogP contribution in [0.2, 0.25) is 0 Å². The minimum absolute atomic E-state index is 0.000747. The predicted octanol–water partition coefficient (Wildman–Crippen LogP) is 4.07. The number of ether oxygens (including phenoxy) is 1. The normalized spacial score (nSPS) is 10.2. The molecule has 0 saturated heterocycles. The molecule has 0 unspecified atom stereocenters. The Labute approximate surface area is 141 Å². The van der Waals surface area contributed by atoms with E-state index < -0.39 is 4.92 Å². The zero-order valence-electron chi connectivity index (χ0n) is 12.4. The van der Waals surface area contributed by atoms with E-state index in [2.05, 4.69) is 21.2 Å². The van der Waals surface area contributed by atoms with Gasteiger partial charge in [0.15, 0.2) is 0 Å². The number of non-ortho nitro benzene ring substituents is 1. The molecule has 7 heteroatoms. The number of halogens is 1. The summed E-state index contributed by atoms with van der Waals surface area (Å²) in [6.07, 6.45) is 0.187. The van der Waals surface area contributed by atoms with Gasteiger partial charge in [0, 0.05) is 22.3 Å². The Hall–Kier alpha value is -2.41. The van der Waals surface area contributed by atoms with Crippen LogP contribution in [0.4, 0.5) is 11.4 Å². The van der Waals surface area contributed by atoms with Crippen LogP contribution in [-0.4, -0.2) is 17.4 Å². The molecule has 0 aromatic heterocycles. The number of nitrogens with zero attached hydrogens (tertiary/aromatic N) is 1. The number of anilines is 1. The molecule has 0 saturated carbocycles. The van der Waals surface area contributed by atoms with Crippen LogP contribution in [0.3, 0.4) is 0 Å². The third-order valence-corrected chi connectivity index (χ3v) is 3.60. The van der Waals surface area contributed by atoms with Crippen LogP contribution in [0.15, 0.2) is 46.9 Å². The van der Waals surface area contributed by atoms with Crippen molar-refractivity contribution < 1.29 is 14.5 Å². The van der Waals surface area contributed by atoms with E-state index in [1.165, 1.54) is 24.3 Å². The van der Waals surface area contributed by atoms with Crippen LogP contribution in [0, 0.1) is 17.0 Å². The summed E-state index contributed by atoms with van der Waals surface area (Å²) < 4.78 is 6.36. The van der Waals surface area contributed by atoms with Crippen LogP contribution in [-0.2, 0) is 4.79 Å². The van der Waals surface area contributed by atoms with E-state index in [0.29, 0.717) is 5.75 Å². The Kier molecular flexibility index (Phi) is 5.70. The van der Waals surface area contributed by atoms with Gasteiger partial charge >= 0.3 is 0 Å². The fraction of sp³-hybridized carbons (Fsp3) is 0.188. The van der Waals surface area contributed by atoms with Crippen molar-refractivity contribution in [3.8, 4) is 5.75 Å². The minimum atomic E-state index is -0.474. The highest BCUT2D eigenvalue weighted by Gasteiger charge is 2.07. The number of carbonyl (C=O) groups excluding carboxylic acids is 1. The highest BCUT2D eigenvalue weighted by atomic mass is 79.9. The molecule has 1 amide bonds. The molecule has 0 aliphatic rings. The second-order valence-electron chi connectivity index (χ2n) is 4.86. The first-order valence-electron chi connectivity index (χ1n) is 6.89. The molecule has 120 valence electrons. The van der Waals surface area contributed by atoms with Gasteiger partial charge in [0.25, 0.3) is 5.69 Å². The van der Waals surface area contributed by atoms with Gasteiger partial charge in [0.2, 0.25) is 5.91 Å². The number of benzene rings is 2. The molecule has 0 aliphatic carbocycles. The summed E-state index contributed by atoms with van der Waals surface area (Å²) >= 11 is 3.37. The lowest BCUT2D eigenvalue weighted by molar-refractivity contribution is -0.384. The van der Waals surface area contributed by atoms with Gasteiger partial charge in [-0.1, -0.05) is 15.9 Å². The van der Waals surface area contributed by atoms with E-state index in [-0.39, 0.29) is 24.6 Å². The summed E-state index contributed by atoms with van der Waals surface area (Å²) in [5.74, 6) is 0.334. The van der Waals surface area contributed by atoms with Crippen molar-refractivity contribution in [1.29, 1.82) is 0 Å². The molecule has 2 aromatic carbocycles. The second-order valence-corrected chi connectivity index (χ2v) is 5.77. The molecular weight excluding hydrogens is 364 g/mol. The quantitative estimate of drug-likeness (QED) is 0.606. The standard InChI is InChI=1S/C16H15BrN2O4/c1-11-10-12(17)2-7-15(11)18-16(20)8-9-23-14-5-3-13(4-6-14)19(21)22/h2-7,10H,8-9H2,1H3,(H,18,20). The van der Waals surface area contributed by atoms with Gasteiger partial charge in [-0.15, -0.1) is 0 Å². The first-order valence-corrected chi connectivity index (χ1v) is 7.68. The molecule has 0 fully saturated rings. The number of carbonyl (C=O) groups is 1. The van der Waals surface area contributed by atoms with Gasteiger partial charge in [-0.05, 0) is 42.8 Å². The molecule has 2 aromatic rings. The van der Waals surface area contributed by atoms with Crippen LogP contribution in [0.25, 0.3) is 0 Å². The number of aryl methyl sites for hydroxylation is 1. The largest absolute Gasteiger partial charge is 0.493 e. The Morgan fingerprint density at radius 1 is 1.26 bits per heavy atom. The number of nitro groups is 1. The predicted molar refractivity (Wildman–Crippen MR) is 90.7 cm³/mol. The van der Waals surface area contributed by atoms with E-state index in [4.69, 9.17) is 4.74 Å². The van der Waals surface area contributed by atoms with Gasteiger partial charge in [0.1, 0.15) is 5.75 Å².